The molecule has 0 spiro atoms. The Morgan fingerprint density at radius 2 is 1.65 bits per heavy atom. The van der Waals surface area contributed by atoms with Crippen molar-refractivity contribution in [1.82, 2.24) is 4.57 Å². The van der Waals surface area contributed by atoms with Gasteiger partial charge in [0.25, 0.3) is 5.56 Å². The van der Waals surface area contributed by atoms with Crippen LogP contribution in [0.2, 0.25) is 0 Å². The average molecular weight is 594 g/mol. The standard InChI is InChI=1S/C35H35N3O4S/c1-3-41-28-19-15-26(16-20-28)32-30(34(40)42-4-2)31(25-11-7-5-8-12-25)36-35-38(32)33(39)29(43-35)23-24-13-17-27(18-14-24)37-21-9-6-10-22-37/h5,7-8,11-20,23,32H,3-4,6,9-10,21-22H2,1-2H3/b29-23-/t32-/m0/s1. The molecule has 1 saturated heterocycles. The van der Waals surface area contributed by atoms with Crippen LogP contribution in [0, 0.1) is 0 Å². The van der Waals surface area contributed by atoms with Gasteiger partial charge >= 0.3 is 5.97 Å². The number of carbonyl (C=O) groups excluding carboxylic acids is 1. The van der Waals surface area contributed by atoms with Gasteiger partial charge < -0.3 is 14.4 Å². The lowest BCUT2D eigenvalue weighted by molar-refractivity contribution is -0.138. The van der Waals surface area contributed by atoms with Crippen LogP contribution in [0.1, 0.15) is 55.8 Å². The molecule has 220 valence electrons. The fourth-order valence-electron chi connectivity index (χ4n) is 5.75. The van der Waals surface area contributed by atoms with E-state index in [1.54, 1.807) is 11.5 Å². The number of piperidine rings is 1. The van der Waals surface area contributed by atoms with E-state index in [4.69, 9.17) is 14.5 Å². The van der Waals surface area contributed by atoms with Gasteiger partial charge in [0, 0.05) is 24.3 Å². The van der Waals surface area contributed by atoms with Crippen molar-refractivity contribution in [3.05, 3.63) is 121 Å². The maximum atomic E-state index is 14.1. The second kappa shape index (κ2) is 12.8. The summed E-state index contributed by atoms with van der Waals surface area (Å²) >= 11 is 1.33. The molecule has 2 aliphatic heterocycles. The van der Waals surface area contributed by atoms with Crippen molar-refractivity contribution in [2.45, 2.75) is 39.2 Å². The molecule has 0 N–H and O–H groups in total. The van der Waals surface area contributed by atoms with E-state index in [2.05, 4.69) is 29.2 Å². The van der Waals surface area contributed by atoms with E-state index >= 15 is 0 Å². The molecule has 1 aromatic heterocycles. The first-order valence-electron chi connectivity index (χ1n) is 14.9. The summed E-state index contributed by atoms with van der Waals surface area (Å²) in [7, 11) is 0. The van der Waals surface area contributed by atoms with Crippen molar-refractivity contribution >= 4 is 34.8 Å². The van der Waals surface area contributed by atoms with Crippen molar-refractivity contribution in [1.29, 1.82) is 0 Å². The Bertz CT molecular complexity index is 1800. The highest BCUT2D eigenvalue weighted by Gasteiger charge is 2.35. The van der Waals surface area contributed by atoms with Crippen molar-refractivity contribution in [3.63, 3.8) is 0 Å². The summed E-state index contributed by atoms with van der Waals surface area (Å²) in [5.74, 6) is 0.225. The first kappa shape index (κ1) is 28.7. The molecule has 3 heterocycles. The smallest absolute Gasteiger partial charge is 0.338 e. The zero-order chi connectivity index (χ0) is 29.8. The summed E-state index contributed by atoms with van der Waals surface area (Å²) in [6, 6.07) is 24.8. The van der Waals surface area contributed by atoms with Crippen LogP contribution >= 0.6 is 11.3 Å². The number of aromatic nitrogens is 1. The molecule has 8 heteroatoms. The Kier molecular flexibility index (Phi) is 8.56. The van der Waals surface area contributed by atoms with Crippen LogP contribution < -0.4 is 24.5 Å². The monoisotopic (exact) mass is 593 g/mol. The second-order valence-electron chi connectivity index (χ2n) is 10.6. The summed E-state index contributed by atoms with van der Waals surface area (Å²) in [4.78, 5) is 35.6. The van der Waals surface area contributed by atoms with Crippen LogP contribution in [-0.2, 0) is 9.53 Å². The highest BCUT2D eigenvalue weighted by Crippen LogP contribution is 2.35. The van der Waals surface area contributed by atoms with Crippen molar-refractivity contribution in [2.75, 3.05) is 31.2 Å². The molecular weight excluding hydrogens is 558 g/mol. The highest BCUT2D eigenvalue weighted by molar-refractivity contribution is 7.07. The fourth-order valence-corrected chi connectivity index (χ4v) is 6.75. The largest absolute Gasteiger partial charge is 0.494 e. The van der Waals surface area contributed by atoms with Crippen LogP contribution in [0.3, 0.4) is 0 Å². The Balaban J connectivity index is 1.50. The highest BCUT2D eigenvalue weighted by atomic mass is 32.1. The quantitative estimate of drug-likeness (QED) is 0.259. The van der Waals surface area contributed by atoms with Gasteiger partial charge in [-0.2, -0.15) is 0 Å². The molecule has 0 saturated carbocycles. The van der Waals surface area contributed by atoms with Gasteiger partial charge in [-0.1, -0.05) is 65.9 Å². The summed E-state index contributed by atoms with van der Waals surface area (Å²) in [6.07, 6.45) is 5.64. The van der Waals surface area contributed by atoms with Crippen molar-refractivity contribution in [2.24, 2.45) is 4.99 Å². The molecule has 43 heavy (non-hydrogen) atoms. The number of carbonyl (C=O) groups is 1. The van der Waals surface area contributed by atoms with Crippen LogP contribution in [0.5, 0.6) is 5.75 Å². The lowest BCUT2D eigenvalue weighted by Gasteiger charge is -2.28. The minimum Gasteiger partial charge on any atom is -0.494 e. The number of ether oxygens (including phenoxy) is 2. The van der Waals surface area contributed by atoms with Gasteiger partial charge in [-0.25, -0.2) is 9.79 Å². The third-order valence-corrected chi connectivity index (χ3v) is 8.78. The summed E-state index contributed by atoms with van der Waals surface area (Å²) in [5, 5.41) is 0. The average Bonchev–Trinajstić information content (AvgIpc) is 3.36. The van der Waals surface area contributed by atoms with Gasteiger partial charge in [-0.3, -0.25) is 9.36 Å². The minimum absolute atomic E-state index is 0.198. The molecule has 0 radical (unpaired) electrons. The first-order valence-corrected chi connectivity index (χ1v) is 15.7. The van der Waals surface area contributed by atoms with E-state index < -0.39 is 12.0 Å². The number of rotatable bonds is 8. The molecule has 6 rings (SSSR count). The SMILES string of the molecule is CCOC(=O)C1=C(c2ccccc2)N=c2s/c(=C\c3ccc(N4CCCCC4)cc3)c(=O)n2[C@H]1c1ccc(OCC)cc1. The van der Waals surface area contributed by atoms with Crippen LogP contribution in [0.25, 0.3) is 11.8 Å². The number of anilines is 1. The van der Waals surface area contributed by atoms with Crippen LogP contribution in [0.15, 0.2) is 94.2 Å². The van der Waals surface area contributed by atoms with E-state index in [0.717, 1.165) is 35.5 Å². The minimum atomic E-state index is -0.718. The number of hydrogen-bond acceptors (Lipinski definition) is 7. The maximum Gasteiger partial charge on any atom is 0.338 e. The molecule has 4 aromatic rings. The van der Waals surface area contributed by atoms with E-state index in [9.17, 15) is 9.59 Å². The third-order valence-electron chi connectivity index (χ3n) is 7.79. The Morgan fingerprint density at radius 1 is 0.930 bits per heavy atom. The molecular formula is C35H35N3O4S. The summed E-state index contributed by atoms with van der Waals surface area (Å²) in [6.45, 7) is 6.61. The number of nitrogens with zero attached hydrogens (tertiary/aromatic N) is 3. The molecule has 0 unspecified atom stereocenters. The predicted molar refractivity (Wildman–Crippen MR) is 171 cm³/mol. The molecule has 1 atom stereocenters. The van der Waals surface area contributed by atoms with Gasteiger partial charge in [-0.05, 0) is 74.6 Å². The molecule has 0 amide bonds. The predicted octanol–water partition coefficient (Wildman–Crippen LogP) is 5.32. The molecule has 2 aliphatic rings. The Hall–Kier alpha value is -4.43. The zero-order valence-electron chi connectivity index (χ0n) is 24.5. The number of hydrogen-bond donors (Lipinski definition) is 0. The van der Waals surface area contributed by atoms with Gasteiger partial charge in [0.1, 0.15) is 5.75 Å². The maximum absolute atomic E-state index is 14.1. The molecule has 0 aliphatic carbocycles. The topological polar surface area (TPSA) is 73.1 Å². The second-order valence-corrected chi connectivity index (χ2v) is 11.6. The van der Waals surface area contributed by atoms with E-state index in [1.807, 2.05) is 67.6 Å². The lowest BCUT2D eigenvalue weighted by atomic mass is 9.93. The Morgan fingerprint density at radius 3 is 2.33 bits per heavy atom. The lowest BCUT2D eigenvalue weighted by Crippen LogP contribution is -2.40. The first-order chi connectivity index (χ1) is 21.1. The van der Waals surface area contributed by atoms with Gasteiger partial charge in [0.15, 0.2) is 4.80 Å². The summed E-state index contributed by atoms with van der Waals surface area (Å²) in [5.41, 5.74) is 4.35. The number of benzene rings is 3. The molecule has 0 bridgehead atoms. The molecule has 3 aromatic carbocycles. The number of thiazole rings is 1. The molecule has 7 nitrogen and oxygen atoms in total. The van der Waals surface area contributed by atoms with E-state index in [1.165, 1.54) is 36.3 Å². The van der Waals surface area contributed by atoms with Crippen molar-refractivity contribution in [3.8, 4) is 5.75 Å². The van der Waals surface area contributed by atoms with Crippen molar-refractivity contribution < 1.29 is 14.3 Å². The normalized spacial score (nSPS) is 16.9. The summed E-state index contributed by atoms with van der Waals surface area (Å²) < 4.78 is 13.4. The number of esters is 1. The molecule has 1 fully saturated rings. The fraction of sp³-hybridized carbons (Fsp3) is 0.286. The Labute approximate surface area is 255 Å². The van der Waals surface area contributed by atoms with Crippen LogP contribution in [-0.4, -0.2) is 36.8 Å². The third kappa shape index (κ3) is 5.92. The van der Waals surface area contributed by atoms with E-state index in [-0.39, 0.29) is 12.2 Å². The number of fused-ring (bicyclic) bond motifs is 1. The van der Waals surface area contributed by atoms with E-state index in [0.29, 0.717) is 27.2 Å². The zero-order valence-corrected chi connectivity index (χ0v) is 25.3. The van der Waals surface area contributed by atoms with Crippen LogP contribution in [0.4, 0.5) is 5.69 Å². The van der Waals surface area contributed by atoms with Gasteiger partial charge in [-0.15, -0.1) is 0 Å². The van der Waals surface area contributed by atoms with Gasteiger partial charge in [0.2, 0.25) is 0 Å². The van der Waals surface area contributed by atoms with Gasteiger partial charge in [0.05, 0.1) is 35.1 Å².